The van der Waals surface area contributed by atoms with Crippen molar-refractivity contribution in [2.45, 2.75) is 42.8 Å². The van der Waals surface area contributed by atoms with Crippen molar-refractivity contribution in [3.8, 4) is 0 Å². The molecule has 4 N–H and O–H groups in total. The van der Waals surface area contributed by atoms with E-state index in [4.69, 9.17) is 9.84 Å². The minimum absolute atomic E-state index is 0.0273. The van der Waals surface area contributed by atoms with Crippen LogP contribution in [0.2, 0.25) is 0 Å². The molecule has 0 amide bonds. The van der Waals surface area contributed by atoms with Crippen LogP contribution in [0.25, 0.3) is 0 Å². The van der Waals surface area contributed by atoms with Crippen LogP contribution >= 0.6 is 23.5 Å². The molecule has 0 bridgehead atoms. The Morgan fingerprint density at radius 3 is 1.83 bits per heavy atom. The van der Waals surface area contributed by atoms with E-state index in [1.54, 1.807) is 23.5 Å². The fraction of sp³-hybridized carbons (Fsp3) is 1.00. The van der Waals surface area contributed by atoms with Gasteiger partial charge in [0.25, 0.3) is 0 Å². The molecule has 0 aliphatic heterocycles. The molecule has 0 saturated carbocycles. The van der Waals surface area contributed by atoms with E-state index in [0.717, 1.165) is 11.5 Å². The molecule has 18 heavy (non-hydrogen) atoms. The maximum atomic E-state index is 10.0. The second-order valence-electron chi connectivity index (χ2n) is 3.71. The molecule has 0 spiro atoms. The Morgan fingerprint density at radius 1 is 1.00 bits per heavy atom. The van der Waals surface area contributed by atoms with Gasteiger partial charge in [-0.3, -0.25) is 0 Å². The van der Waals surface area contributed by atoms with Gasteiger partial charge < -0.3 is 25.2 Å². The Kier molecular flexibility index (Phi) is 10.6. The van der Waals surface area contributed by atoms with Crippen LogP contribution < -0.4 is 0 Å². The first-order chi connectivity index (χ1) is 8.53. The summed E-state index contributed by atoms with van der Waals surface area (Å²) in [5.74, 6) is 1.73. The molecule has 0 fully saturated rings. The van der Waals surface area contributed by atoms with E-state index in [1.807, 2.05) is 13.8 Å². The Morgan fingerprint density at radius 2 is 1.50 bits per heavy atom. The van der Waals surface area contributed by atoms with Crippen LogP contribution in [0.15, 0.2) is 0 Å². The molecule has 4 atom stereocenters. The normalized spacial score (nSPS) is 18.7. The summed E-state index contributed by atoms with van der Waals surface area (Å²) in [6.45, 7) is 3.42. The molecule has 0 saturated heterocycles. The SMILES string of the molecule is CCSC(SCC)C(OC)C(O)C(O)C(O)CO. The fourth-order valence-electron chi connectivity index (χ4n) is 1.51. The third-order valence-electron chi connectivity index (χ3n) is 2.47. The zero-order valence-electron chi connectivity index (χ0n) is 11.0. The molecule has 0 aromatic carbocycles. The van der Waals surface area contributed by atoms with Gasteiger partial charge in [-0.05, 0) is 11.5 Å². The summed E-state index contributed by atoms with van der Waals surface area (Å²) in [4.78, 5) is 0. The highest BCUT2D eigenvalue weighted by Crippen LogP contribution is 2.30. The highest BCUT2D eigenvalue weighted by atomic mass is 32.2. The molecular formula is C11H24O5S2. The number of ether oxygens (including phenoxy) is 1. The second-order valence-corrected chi connectivity index (χ2v) is 6.85. The molecule has 0 aromatic rings. The standard InChI is InChI=1S/C11H24O5S2/c1-4-17-11(18-5-2)10(16-3)9(15)8(14)7(13)6-12/h7-15H,4-6H2,1-3H3. The third-order valence-corrected chi connectivity index (χ3v) is 5.15. The van der Waals surface area contributed by atoms with E-state index in [0.29, 0.717) is 0 Å². The average Bonchev–Trinajstić information content (AvgIpc) is 2.38. The first kappa shape index (κ1) is 18.5. The highest BCUT2D eigenvalue weighted by Gasteiger charge is 2.36. The van der Waals surface area contributed by atoms with Crippen LogP contribution in [-0.2, 0) is 4.74 Å². The number of aliphatic hydroxyl groups is 4. The van der Waals surface area contributed by atoms with Gasteiger partial charge in [-0.1, -0.05) is 13.8 Å². The average molecular weight is 300 g/mol. The lowest BCUT2D eigenvalue weighted by Crippen LogP contribution is -2.49. The first-order valence-corrected chi connectivity index (χ1v) is 8.04. The zero-order valence-corrected chi connectivity index (χ0v) is 12.7. The summed E-state index contributed by atoms with van der Waals surface area (Å²) in [7, 11) is 1.46. The van der Waals surface area contributed by atoms with Crippen LogP contribution in [0.4, 0.5) is 0 Å². The van der Waals surface area contributed by atoms with E-state index in [1.165, 1.54) is 7.11 Å². The number of hydrogen-bond donors (Lipinski definition) is 4. The summed E-state index contributed by atoms with van der Waals surface area (Å²) in [6.07, 6.45) is -4.62. The highest BCUT2D eigenvalue weighted by molar-refractivity contribution is 8.17. The molecule has 0 rings (SSSR count). The van der Waals surface area contributed by atoms with Crippen molar-refractivity contribution in [3.05, 3.63) is 0 Å². The lowest BCUT2D eigenvalue weighted by atomic mass is 10.0. The maximum Gasteiger partial charge on any atom is 0.111 e. The van der Waals surface area contributed by atoms with Crippen molar-refractivity contribution < 1.29 is 25.2 Å². The van der Waals surface area contributed by atoms with E-state index in [2.05, 4.69) is 0 Å². The van der Waals surface area contributed by atoms with Gasteiger partial charge in [0.05, 0.1) is 11.2 Å². The van der Waals surface area contributed by atoms with E-state index in [-0.39, 0.29) is 4.58 Å². The number of aliphatic hydroxyl groups excluding tert-OH is 4. The van der Waals surface area contributed by atoms with Crippen molar-refractivity contribution in [1.82, 2.24) is 0 Å². The molecule has 5 nitrogen and oxygen atoms in total. The molecule has 0 radical (unpaired) electrons. The van der Waals surface area contributed by atoms with E-state index < -0.39 is 31.0 Å². The topological polar surface area (TPSA) is 90.2 Å². The number of rotatable bonds is 10. The quantitative estimate of drug-likeness (QED) is 0.419. The van der Waals surface area contributed by atoms with Gasteiger partial charge >= 0.3 is 0 Å². The minimum atomic E-state index is -1.42. The molecule has 7 heteroatoms. The zero-order chi connectivity index (χ0) is 14.1. The molecular weight excluding hydrogens is 276 g/mol. The van der Waals surface area contributed by atoms with Crippen LogP contribution in [-0.4, -0.2) is 74.6 Å². The predicted octanol–water partition coefficient (Wildman–Crippen LogP) is -0.0913. The van der Waals surface area contributed by atoms with Gasteiger partial charge in [-0.25, -0.2) is 0 Å². The third kappa shape index (κ3) is 5.64. The fourth-order valence-corrected chi connectivity index (χ4v) is 4.29. The summed E-state index contributed by atoms with van der Waals surface area (Å²) < 4.78 is 5.22. The van der Waals surface area contributed by atoms with Crippen molar-refractivity contribution in [3.63, 3.8) is 0 Å². The van der Waals surface area contributed by atoms with E-state index in [9.17, 15) is 15.3 Å². The van der Waals surface area contributed by atoms with Crippen molar-refractivity contribution in [2.75, 3.05) is 25.2 Å². The minimum Gasteiger partial charge on any atom is -0.394 e. The predicted molar refractivity (Wildman–Crippen MR) is 76.0 cm³/mol. The number of hydrogen-bond acceptors (Lipinski definition) is 7. The smallest absolute Gasteiger partial charge is 0.111 e. The van der Waals surface area contributed by atoms with Crippen molar-refractivity contribution in [1.29, 1.82) is 0 Å². The lowest BCUT2D eigenvalue weighted by Gasteiger charge is -2.32. The van der Waals surface area contributed by atoms with Gasteiger partial charge in [-0.15, -0.1) is 23.5 Å². The van der Waals surface area contributed by atoms with Gasteiger partial charge in [0.2, 0.25) is 0 Å². The summed E-state index contributed by atoms with van der Waals surface area (Å²) in [6, 6.07) is 0. The Bertz CT molecular complexity index is 202. The van der Waals surface area contributed by atoms with E-state index >= 15 is 0 Å². The van der Waals surface area contributed by atoms with Crippen LogP contribution in [0.5, 0.6) is 0 Å². The monoisotopic (exact) mass is 300 g/mol. The Hall–Kier alpha value is 0.500. The van der Waals surface area contributed by atoms with Crippen molar-refractivity contribution >= 4 is 23.5 Å². The number of thioether (sulfide) groups is 2. The van der Waals surface area contributed by atoms with Gasteiger partial charge in [0.1, 0.15) is 24.4 Å². The first-order valence-electron chi connectivity index (χ1n) is 5.94. The molecule has 0 heterocycles. The maximum absolute atomic E-state index is 10.0. The second kappa shape index (κ2) is 10.3. The summed E-state index contributed by atoms with van der Waals surface area (Å²) in [5, 5.41) is 37.9. The molecule has 0 aliphatic carbocycles. The van der Waals surface area contributed by atoms with Crippen LogP contribution in [0, 0.1) is 0 Å². The molecule has 110 valence electrons. The molecule has 0 aliphatic rings. The molecule has 0 aromatic heterocycles. The largest absolute Gasteiger partial charge is 0.394 e. The van der Waals surface area contributed by atoms with Crippen LogP contribution in [0.1, 0.15) is 13.8 Å². The Balaban J connectivity index is 4.69. The van der Waals surface area contributed by atoms with Crippen molar-refractivity contribution in [2.24, 2.45) is 0 Å². The molecule has 4 unspecified atom stereocenters. The summed E-state index contributed by atoms with van der Waals surface area (Å²) in [5.41, 5.74) is 0. The van der Waals surface area contributed by atoms with Gasteiger partial charge in [-0.2, -0.15) is 0 Å². The number of methoxy groups -OCH3 is 1. The Labute approximate surface area is 117 Å². The van der Waals surface area contributed by atoms with Gasteiger partial charge in [0, 0.05) is 7.11 Å². The lowest BCUT2D eigenvalue weighted by molar-refractivity contribution is -0.119. The summed E-state index contributed by atoms with van der Waals surface area (Å²) >= 11 is 3.24. The van der Waals surface area contributed by atoms with Crippen LogP contribution in [0.3, 0.4) is 0 Å². The van der Waals surface area contributed by atoms with Gasteiger partial charge in [0.15, 0.2) is 0 Å².